The smallest absolute Gasteiger partial charge is 0.295 e. The average molecular weight is 479 g/mol. The Balaban J connectivity index is 1.70. The third-order valence-corrected chi connectivity index (χ3v) is 6.54. The van der Waals surface area contributed by atoms with E-state index >= 15 is 0 Å². The minimum Gasteiger partial charge on any atom is -0.507 e. The van der Waals surface area contributed by atoms with Gasteiger partial charge >= 0.3 is 0 Å². The molecule has 7 heteroatoms. The number of fused-ring (bicyclic) bond motifs is 1. The predicted molar refractivity (Wildman–Crippen MR) is 136 cm³/mol. The molecule has 0 radical (unpaired) electrons. The number of ketones is 1. The van der Waals surface area contributed by atoms with Gasteiger partial charge in [-0.1, -0.05) is 38.8 Å². The molecule has 186 valence electrons. The van der Waals surface area contributed by atoms with Crippen LogP contribution in [-0.4, -0.2) is 55.0 Å². The molecule has 1 fully saturated rings. The Bertz CT molecular complexity index is 1110. The maximum Gasteiger partial charge on any atom is 0.295 e. The molecule has 0 spiro atoms. The van der Waals surface area contributed by atoms with E-state index in [1.807, 2.05) is 43.1 Å². The van der Waals surface area contributed by atoms with E-state index in [0.29, 0.717) is 31.7 Å². The van der Waals surface area contributed by atoms with Crippen LogP contribution in [-0.2, 0) is 9.59 Å². The van der Waals surface area contributed by atoms with Gasteiger partial charge in [-0.3, -0.25) is 9.59 Å². The molecule has 2 aliphatic heterocycles. The lowest BCUT2D eigenvalue weighted by Gasteiger charge is -2.28. The van der Waals surface area contributed by atoms with E-state index in [4.69, 9.17) is 9.47 Å². The van der Waals surface area contributed by atoms with Crippen LogP contribution in [0.5, 0.6) is 11.5 Å². The molecule has 2 aliphatic rings. The van der Waals surface area contributed by atoms with E-state index in [1.54, 1.807) is 23.1 Å². The number of carbonyl (C=O) groups is 2. The van der Waals surface area contributed by atoms with Crippen molar-refractivity contribution in [3.8, 4) is 11.5 Å². The largest absolute Gasteiger partial charge is 0.507 e. The number of hydrogen-bond acceptors (Lipinski definition) is 6. The van der Waals surface area contributed by atoms with Crippen LogP contribution in [0.1, 0.15) is 56.7 Å². The van der Waals surface area contributed by atoms with Crippen molar-refractivity contribution in [3.05, 3.63) is 59.2 Å². The molecule has 1 unspecified atom stereocenters. The number of rotatable bonds is 9. The second-order valence-corrected chi connectivity index (χ2v) is 9.07. The van der Waals surface area contributed by atoms with Gasteiger partial charge in [0, 0.05) is 19.2 Å². The Morgan fingerprint density at radius 1 is 1.09 bits per heavy atom. The summed E-state index contributed by atoms with van der Waals surface area (Å²) in [5.41, 5.74) is 2.19. The average Bonchev–Trinajstić information content (AvgIpc) is 3.12. The number of benzene rings is 2. The Morgan fingerprint density at radius 2 is 1.86 bits per heavy atom. The number of ether oxygens (including phenoxy) is 2. The number of unbranched alkanes of at least 4 members (excludes halogenated alkanes) is 2. The van der Waals surface area contributed by atoms with Crippen molar-refractivity contribution in [3.63, 3.8) is 0 Å². The highest BCUT2D eigenvalue weighted by molar-refractivity contribution is 6.46. The fourth-order valence-corrected chi connectivity index (χ4v) is 4.64. The van der Waals surface area contributed by atoms with E-state index in [-0.39, 0.29) is 11.3 Å². The molecule has 1 N–H and O–H groups in total. The van der Waals surface area contributed by atoms with E-state index in [9.17, 15) is 14.7 Å². The molecule has 4 rings (SSSR count). The molecule has 0 aromatic heterocycles. The number of carbonyl (C=O) groups excluding carboxylic acids is 2. The first-order valence-electron chi connectivity index (χ1n) is 12.5. The molecular weight excluding hydrogens is 444 g/mol. The molecule has 0 saturated carbocycles. The number of likely N-dealkylation sites (N-methyl/N-ethyl adjacent to an activating group) is 1. The maximum absolute atomic E-state index is 13.1. The van der Waals surface area contributed by atoms with Gasteiger partial charge in [-0.25, -0.2) is 0 Å². The summed E-state index contributed by atoms with van der Waals surface area (Å²) >= 11 is 0. The Morgan fingerprint density at radius 3 is 2.57 bits per heavy atom. The first-order valence-corrected chi connectivity index (χ1v) is 12.5. The molecule has 2 heterocycles. The van der Waals surface area contributed by atoms with E-state index < -0.39 is 17.7 Å². The number of aliphatic hydroxyl groups is 1. The Hall–Kier alpha value is -3.48. The highest BCUT2D eigenvalue weighted by Crippen LogP contribution is 2.41. The molecule has 0 bridgehead atoms. The number of Topliss-reactive ketones (excluding diaryl/α,β-unsaturated/α-hetero) is 1. The van der Waals surface area contributed by atoms with Crippen molar-refractivity contribution in [2.75, 3.05) is 38.3 Å². The number of hydrogen-bond donors (Lipinski definition) is 1. The summed E-state index contributed by atoms with van der Waals surface area (Å²) in [6.45, 7) is 6.50. The lowest BCUT2D eigenvalue weighted by Crippen LogP contribution is -2.30. The SMILES string of the molecule is CCCCCOc1ccc(C2/C(=C(/O)c3ccc4c(c3)N(C)CCO4)C(=O)C(=O)N2CCC)cc1. The van der Waals surface area contributed by atoms with E-state index in [2.05, 4.69) is 6.92 Å². The molecule has 1 atom stereocenters. The van der Waals surface area contributed by atoms with Crippen LogP contribution in [0.3, 0.4) is 0 Å². The normalized spacial score (nSPS) is 19.0. The zero-order chi connectivity index (χ0) is 24.9. The van der Waals surface area contributed by atoms with Gasteiger partial charge in [-0.15, -0.1) is 0 Å². The summed E-state index contributed by atoms with van der Waals surface area (Å²) in [6.07, 6.45) is 3.94. The third-order valence-electron chi connectivity index (χ3n) is 6.54. The van der Waals surface area contributed by atoms with Gasteiger partial charge in [-0.2, -0.15) is 0 Å². The number of nitrogens with zero attached hydrogens (tertiary/aromatic N) is 2. The zero-order valence-electron chi connectivity index (χ0n) is 20.8. The van der Waals surface area contributed by atoms with Crippen LogP contribution < -0.4 is 14.4 Å². The van der Waals surface area contributed by atoms with Gasteiger partial charge in [-0.05, 0) is 48.7 Å². The lowest BCUT2D eigenvalue weighted by molar-refractivity contribution is -0.139. The van der Waals surface area contributed by atoms with Crippen LogP contribution >= 0.6 is 0 Å². The molecule has 2 aromatic carbocycles. The third kappa shape index (κ3) is 4.99. The highest BCUT2D eigenvalue weighted by Gasteiger charge is 2.45. The predicted octanol–water partition coefficient (Wildman–Crippen LogP) is 4.92. The summed E-state index contributed by atoms with van der Waals surface area (Å²) in [4.78, 5) is 29.7. The molecule has 0 aliphatic carbocycles. The van der Waals surface area contributed by atoms with Crippen LogP contribution in [0.25, 0.3) is 5.76 Å². The van der Waals surface area contributed by atoms with Gasteiger partial charge in [0.2, 0.25) is 0 Å². The van der Waals surface area contributed by atoms with Gasteiger partial charge in [0.15, 0.2) is 0 Å². The second-order valence-electron chi connectivity index (χ2n) is 9.07. The van der Waals surface area contributed by atoms with Crippen molar-refractivity contribution in [1.82, 2.24) is 4.90 Å². The maximum atomic E-state index is 13.1. The highest BCUT2D eigenvalue weighted by atomic mass is 16.5. The summed E-state index contributed by atoms with van der Waals surface area (Å²) in [5.74, 6) is 0.0521. The van der Waals surface area contributed by atoms with Gasteiger partial charge in [0.1, 0.15) is 23.9 Å². The van der Waals surface area contributed by atoms with Gasteiger partial charge in [0.05, 0.1) is 30.5 Å². The first-order chi connectivity index (χ1) is 17.0. The van der Waals surface area contributed by atoms with Crippen molar-refractivity contribution in [2.45, 2.75) is 45.6 Å². The fraction of sp³-hybridized carbons (Fsp3) is 0.429. The second kappa shape index (κ2) is 10.8. The summed E-state index contributed by atoms with van der Waals surface area (Å²) in [5, 5.41) is 11.3. The number of anilines is 1. The quantitative estimate of drug-likeness (QED) is 0.239. The molecule has 2 aromatic rings. The molecule has 1 amide bonds. The standard InChI is InChI=1S/C28H34N2O5/c1-4-6-7-16-34-21-11-8-19(9-12-21)25-24(27(32)28(33)30(25)14-5-2)26(31)20-10-13-23-22(18-20)29(3)15-17-35-23/h8-13,18,25,31H,4-7,14-17H2,1-3H3/b26-24-. The van der Waals surface area contributed by atoms with Crippen molar-refractivity contribution < 1.29 is 24.2 Å². The van der Waals surface area contributed by atoms with Crippen LogP contribution in [0.2, 0.25) is 0 Å². The van der Waals surface area contributed by atoms with Gasteiger partial charge < -0.3 is 24.4 Å². The van der Waals surface area contributed by atoms with Crippen molar-refractivity contribution >= 4 is 23.1 Å². The molecular formula is C28H34N2O5. The lowest BCUT2D eigenvalue weighted by atomic mass is 9.95. The Labute approximate surface area is 206 Å². The van der Waals surface area contributed by atoms with Crippen LogP contribution in [0.4, 0.5) is 5.69 Å². The first kappa shape index (κ1) is 24.6. The fourth-order valence-electron chi connectivity index (χ4n) is 4.64. The molecule has 1 saturated heterocycles. The Kier molecular flexibility index (Phi) is 7.63. The minimum atomic E-state index is -0.664. The summed E-state index contributed by atoms with van der Waals surface area (Å²) in [7, 11) is 1.96. The zero-order valence-corrected chi connectivity index (χ0v) is 20.8. The molecule has 7 nitrogen and oxygen atoms in total. The monoisotopic (exact) mass is 478 g/mol. The molecule has 35 heavy (non-hydrogen) atoms. The van der Waals surface area contributed by atoms with Crippen molar-refractivity contribution in [2.24, 2.45) is 0 Å². The van der Waals surface area contributed by atoms with E-state index in [0.717, 1.165) is 48.6 Å². The minimum absolute atomic E-state index is 0.111. The van der Waals surface area contributed by atoms with Crippen molar-refractivity contribution in [1.29, 1.82) is 0 Å². The number of likely N-dealkylation sites (tertiary alicyclic amines) is 1. The number of amides is 1. The van der Waals surface area contributed by atoms with Crippen LogP contribution in [0, 0.1) is 0 Å². The van der Waals surface area contributed by atoms with Crippen LogP contribution in [0.15, 0.2) is 48.0 Å². The summed E-state index contributed by atoms with van der Waals surface area (Å²) < 4.78 is 11.5. The topological polar surface area (TPSA) is 79.3 Å². The summed E-state index contributed by atoms with van der Waals surface area (Å²) in [6, 6.07) is 12.1. The van der Waals surface area contributed by atoms with Gasteiger partial charge in [0.25, 0.3) is 11.7 Å². The van der Waals surface area contributed by atoms with E-state index in [1.165, 1.54) is 0 Å². The number of aliphatic hydroxyl groups excluding tert-OH is 1.